The van der Waals surface area contributed by atoms with E-state index in [-0.39, 0.29) is 12.3 Å². The molecule has 25 heavy (non-hydrogen) atoms. The fourth-order valence-corrected chi connectivity index (χ4v) is 2.76. The van der Waals surface area contributed by atoms with Crippen molar-refractivity contribution in [2.24, 2.45) is 0 Å². The second-order valence-corrected chi connectivity index (χ2v) is 5.49. The molecule has 3 nitrogen and oxygen atoms in total. The Morgan fingerprint density at radius 3 is 2.16 bits per heavy atom. The predicted molar refractivity (Wildman–Crippen MR) is 105 cm³/mol. The molecule has 2 rings (SSSR count). The van der Waals surface area contributed by atoms with Gasteiger partial charge in [-0.15, -0.1) is 5.92 Å². The lowest BCUT2D eigenvalue weighted by molar-refractivity contribution is -0.137. The van der Waals surface area contributed by atoms with Gasteiger partial charge in [0.05, 0.1) is 18.4 Å². The number of hydrogen-bond donors (Lipinski definition) is 1. The number of aliphatic carboxylic acids is 1. The number of carbonyl (C=O) groups is 1. The molecule has 1 fully saturated rings. The molecule has 0 aromatic heterocycles. The summed E-state index contributed by atoms with van der Waals surface area (Å²) >= 11 is 0. The molecular weight excluding hydrogens is 312 g/mol. The van der Waals surface area contributed by atoms with E-state index >= 15 is 0 Å². The monoisotopic (exact) mass is 346 g/mol. The molecule has 0 radical (unpaired) electrons. The highest BCUT2D eigenvalue weighted by Crippen LogP contribution is 2.26. The van der Waals surface area contributed by atoms with Gasteiger partial charge in [0.15, 0.2) is 0 Å². The molecule has 1 N–H and O–H groups in total. The third kappa shape index (κ3) is 9.19. The summed E-state index contributed by atoms with van der Waals surface area (Å²) in [6.07, 6.45) is 6.42. The summed E-state index contributed by atoms with van der Waals surface area (Å²) in [6, 6.07) is 7.71. The Morgan fingerprint density at radius 2 is 1.68 bits per heavy atom. The van der Waals surface area contributed by atoms with Crippen LogP contribution in [0.4, 0.5) is 0 Å². The quantitative estimate of drug-likeness (QED) is 0.662. The van der Waals surface area contributed by atoms with Crippen LogP contribution >= 0.6 is 0 Å². The van der Waals surface area contributed by atoms with Crippen molar-refractivity contribution in [1.82, 2.24) is 0 Å². The standard InChI is InChI=1S/C18H22O3.2C2H6/c1-2-6-15(13-18(19)20)14-9-11-17(12-10-14)21-16-7-4-3-5-8-16;2*1-2/h9-12,15-16H,3-5,7-8,13H2,1H3,(H,19,20);2*1-2H3. The van der Waals surface area contributed by atoms with Crippen molar-refractivity contribution in [1.29, 1.82) is 0 Å². The third-order valence-corrected chi connectivity index (χ3v) is 3.83. The molecule has 0 heterocycles. The van der Waals surface area contributed by atoms with Gasteiger partial charge in [0.25, 0.3) is 0 Å². The zero-order valence-electron chi connectivity index (χ0n) is 16.5. The maximum Gasteiger partial charge on any atom is 0.304 e. The topological polar surface area (TPSA) is 46.5 Å². The van der Waals surface area contributed by atoms with E-state index in [9.17, 15) is 4.79 Å². The molecule has 1 unspecified atom stereocenters. The van der Waals surface area contributed by atoms with Crippen LogP contribution in [0.25, 0.3) is 0 Å². The van der Waals surface area contributed by atoms with Crippen LogP contribution in [0, 0.1) is 11.8 Å². The van der Waals surface area contributed by atoms with Crippen molar-refractivity contribution in [2.45, 2.75) is 85.2 Å². The lowest BCUT2D eigenvalue weighted by Crippen LogP contribution is -2.19. The molecule has 0 bridgehead atoms. The molecule has 1 saturated carbocycles. The average molecular weight is 347 g/mol. The molecular formula is C22H34O3. The average Bonchev–Trinajstić information content (AvgIpc) is 2.66. The molecule has 0 spiro atoms. The summed E-state index contributed by atoms with van der Waals surface area (Å²) in [5.74, 6) is 5.55. The first-order valence-corrected chi connectivity index (χ1v) is 9.59. The molecule has 1 aromatic carbocycles. The highest BCUT2D eigenvalue weighted by atomic mass is 16.5. The minimum Gasteiger partial charge on any atom is -0.490 e. The second kappa shape index (κ2) is 14.4. The van der Waals surface area contributed by atoms with Crippen molar-refractivity contribution in [3.63, 3.8) is 0 Å². The van der Waals surface area contributed by atoms with Gasteiger partial charge in [0.2, 0.25) is 0 Å². The highest BCUT2D eigenvalue weighted by Gasteiger charge is 2.16. The lowest BCUT2D eigenvalue weighted by Gasteiger charge is -2.23. The highest BCUT2D eigenvalue weighted by molar-refractivity contribution is 5.69. The van der Waals surface area contributed by atoms with Crippen molar-refractivity contribution in [3.8, 4) is 17.6 Å². The summed E-state index contributed by atoms with van der Waals surface area (Å²) in [5.41, 5.74) is 0.933. The summed E-state index contributed by atoms with van der Waals surface area (Å²) in [7, 11) is 0. The second-order valence-electron chi connectivity index (χ2n) is 5.49. The molecule has 1 aromatic rings. The zero-order chi connectivity index (χ0) is 19.1. The normalized spacial score (nSPS) is 14.4. The van der Waals surface area contributed by atoms with E-state index in [0.29, 0.717) is 6.10 Å². The molecule has 1 aliphatic rings. The zero-order valence-corrected chi connectivity index (χ0v) is 16.5. The van der Waals surface area contributed by atoms with Crippen LogP contribution in [0.1, 0.15) is 84.6 Å². The van der Waals surface area contributed by atoms with Crippen molar-refractivity contribution < 1.29 is 14.6 Å². The van der Waals surface area contributed by atoms with Crippen LogP contribution in [-0.2, 0) is 4.79 Å². The number of carboxylic acids is 1. The van der Waals surface area contributed by atoms with Gasteiger partial charge in [-0.2, -0.15) is 0 Å². The molecule has 3 heteroatoms. The van der Waals surface area contributed by atoms with Gasteiger partial charge in [-0.3, -0.25) is 4.79 Å². The SMILES string of the molecule is CC.CC.CC#CC(CC(=O)O)c1ccc(OC2CCCCC2)cc1. The van der Waals surface area contributed by atoms with Gasteiger partial charge < -0.3 is 9.84 Å². The van der Waals surface area contributed by atoms with Gasteiger partial charge in [-0.25, -0.2) is 0 Å². The maximum atomic E-state index is 10.9. The summed E-state index contributed by atoms with van der Waals surface area (Å²) in [6.45, 7) is 9.73. The van der Waals surface area contributed by atoms with Gasteiger partial charge >= 0.3 is 5.97 Å². The van der Waals surface area contributed by atoms with Gasteiger partial charge in [0.1, 0.15) is 5.75 Å². The fourth-order valence-electron chi connectivity index (χ4n) is 2.76. The minimum atomic E-state index is -0.828. The lowest BCUT2D eigenvalue weighted by atomic mass is 9.96. The van der Waals surface area contributed by atoms with E-state index in [2.05, 4.69) is 11.8 Å². The Bertz CT molecular complexity index is 516. The number of hydrogen-bond acceptors (Lipinski definition) is 2. The summed E-state index contributed by atoms with van der Waals surface area (Å²) in [4.78, 5) is 10.9. The van der Waals surface area contributed by atoms with E-state index in [0.717, 1.165) is 24.2 Å². The largest absolute Gasteiger partial charge is 0.490 e. The predicted octanol–water partition coefficient (Wildman–Crippen LogP) is 6.03. The number of carboxylic acid groups (broad SMARTS) is 1. The van der Waals surface area contributed by atoms with Crippen LogP contribution in [0.2, 0.25) is 0 Å². The van der Waals surface area contributed by atoms with Crippen LogP contribution < -0.4 is 4.74 Å². The van der Waals surface area contributed by atoms with Crippen LogP contribution in [0.15, 0.2) is 24.3 Å². The first kappa shape index (κ1) is 23.1. The molecule has 140 valence electrons. The first-order chi connectivity index (χ1) is 12.2. The smallest absolute Gasteiger partial charge is 0.304 e. The maximum absolute atomic E-state index is 10.9. The van der Waals surface area contributed by atoms with E-state index in [1.54, 1.807) is 6.92 Å². The Hall–Kier alpha value is -1.95. The van der Waals surface area contributed by atoms with Crippen molar-refractivity contribution >= 4 is 5.97 Å². The van der Waals surface area contributed by atoms with Crippen LogP contribution in [0.5, 0.6) is 5.75 Å². The van der Waals surface area contributed by atoms with E-state index < -0.39 is 5.97 Å². The van der Waals surface area contributed by atoms with Gasteiger partial charge in [0, 0.05) is 0 Å². The Morgan fingerprint density at radius 1 is 1.12 bits per heavy atom. The van der Waals surface area contributed by atoms with Crippen LogP contribution in [0.3, 0.4) is 0 Å². The molecule has 0 aliphatic heterocycles. The van der Waals surface area contributed by atoms with Gasteiger partial charge in [-0.05, 0) is 50.3 Å². The van der Waals surface area contributed by atoms with Gasteiger partial charge in [-0.1, -0.05) is 52.2 Å². The van der Waals surface area contributed by atoms with Crippen molar-refractivity contribution in [2.75, 3.05) is 0 Å². The van der Waals surface area contributed by atoms with E-state index in [1.807, 2.05) is 52.0 Å². The van der Waals surface area contributed by atoms with E-state index in [4.69, 9.17) is 9.84 Å². The fraction of sp³-hybridized carbons (Fsp3) is 0.591. The minimum absolute atomic E-state index is 0.0314. The van der Waals surface area contributed by atoms with E-state index in [1.165, 1.54) is 19.3 Å². The first-order valence-electron chi connectivity index (χ1n) is 9.59. The number of ether oxygens (including phenoxy) is 1. The third-order valence-electron chi connectivity index (χ3n) is 3.83. The molecule has 1 aliphatic carbocycles. The molecule has 1 atom stereocenters. The van der Waals surface area contributed by atoms with Crippen molar-refractivity contribution in [3.05, 3.63) is 29.8 Å². The molecule has 0 saturated heterocycles. The Kier molecular flexibility index (Phi) is 13.3. The summed E-state index contributed by atoms with van der Waals surface area (Å²) in [5, 5.41) is 8.95. The van der Waals surface area contributed by atoms with Crippen LogP contribution in [-0.4, -0.2) is 17.2 Å². The number of benzene rings is 1. The summed E-state index contributed by atoms with van der Waals surface area (Å²) < 4.78 is 5.98. The molecule has 0 amide bonds. The Labute approximate surface area is 153 Å². The number of rotatable bonds is 5. The Balaban J connectivity index is 0.00000134.